The highest BCUT2D eigenvalue weighted by atomic mass is 16.5. The third-order valence-electron chi connectivity index (χ3n) is 6.39. The van der Waals surface area contributed by atoms with Crippen molar-refractivity contribution < 1.29 is 4.74 Å². The second kappa shape index (κ2) is 4.24. The van der Waals surface area contributed by atoms with Gasteiger partial charge in [-0.3, -0.25) is 4.90 Å². The van der Waals surface area contributed by atoms with Gasteiger partial charge < -0.3 is 4.74 Å². The molecule has 2 atom stereocenters. The predicted octanol–water partition coefficient (Wildman–Crippen LogP) is 3.73. The van der Waals surface area contributed by atoms with Crippen molar-refractivity contribution in [2.75, 3.05) is 20.2 Å². The van der Waals surface area contributed by atoms with Gasteiger partial charge in [-0.2, -0.15) is 0 Å². The maximum atomic E-state index is 5.51. The molecular weight excluding hydrogens is 246 g/mol. The van der Waals surface area contributed by atoms with Crippen molar-refractivity contribution in [1.82, 2.24) is 4.90 Å². The van der Waals surface area contributed by atoms with Crippen LogP contribution in [0.3, 0.4) is 0 Å². The van der Waals surface area contributed by atoms with Gasteiger partial charge in [0.25, 0.3) is 0 Å². The molecule has 2 unspecified atom stereocenters. The molecule has 20 heavy (non-hydrogen) atoms. The number of hydrogen-bond acceptors (Lipinski definition) is 2. The van der Waals surface area contributed by atoms with E-state index >= 15 is 0 Å². The molecule has 0 amide bonds. The highest BCUT2D eigenvalue weighted by Crippen LogP contribution is 2.66. The van der Waals surface area contributed by atoms with Gasteiger partial charge in [0.1, 0.15) is 5.75 Å². The van der Waals surface area contributed by atoms with Gasteiger partial charge in [-0.05, 0) is 67.4 Å². The Kier molecular flexibility index (Phi) is 2.69. The number of fused-ring (bicyclic) bond motifs is 1. The average Bonchev–Trinajstić information content (AvgIpc) is 2.96. The second-order valence-corrected chi connectivity index (χ2v) is 6.88. The molecule has 1 saturated heterocycles. The Morgan fingerprint density at radius 1 is 1.20 bits per heavy atom. The third-order valence-corrected chi connectivity index (χ3v) is 6.39. The maximum absolute atomic E-state index is 5.51. The van der Waals surface area contributed by atoms with Crippen molar-refractivity contribution in [3.63, 3.8) is 0 Å². The van der Waals surface area contributed by atoms with Crippen molar-refractivity contribution in [3.8, 4) is 5.75 Å². The van der Waals surface area contributed by atoms with Crippen LogP contribution in [0, 0.1) is 5.41 Å². The Morgan fingerprint density at radius 3 is 2.85 bits per heavy atom. The summed E-state index contributed by atoms with van der Waals surface area (Å²) >= 11 is 0. The summed E-state index contributed by atoms with van der Waals surface area (Å²) in [5.41, 5.74) is 4.03. The Labute approximate surface area is 122 Å². The Bertz CT molecular complexity index is 540. The van der Waals surface area contributed by atoms with Crippen LogP contribution in [0.1, 0.15) is 50.2 Å². The molecule has 0 spiro atoms. The quantitative estimate of drug-likeness (QED) is 0.812. The lowest BCUT2D eigenvalue weighted by atomic mass is 9.62. The van der Waals surface area contributed by atoms with Crippen molar-refractivity contribution >= 4 is 0 Å². The van der Waals surface area contributed by atoms with E-state index in [9.17, 15) is 0 Å². The summed E-state index contributed by atoms with van der Waals surface area (Å²) in [5.74, 6) is 1.03. The average molecular weight is 271 g/mol. The first kappa shape index (κ1) is 12.7. The van der Waals surface area contributed by atoms with Gasteiger partial charge >= 0.3 is 0 Å². The van der Waals surface area contributed by atoms with Crippen molar-refractivity contribution in [2.45, 2.75) is 51.0 Å². The second-order valence-electron chi connectivity index (χ2n) is 6.88. The number of methoxy groups -OCH3 is 1. The minimum Gasteiger partial charge on any atom is -0.497 e. The smallest absolute Gasteiger partial charge is 0.119 e. The normalized spacial score (nSPS) is 35.5. The molecule has 108 valence electrons. The molecule has 0 radical (unpaired) electrons. The van der Waals surface area contributed by atoms with E-state index < -0.39 is 0 Å². The van der Waals surface area contributed by atoms with Gasteiger partial charge in [0.05, 0.1) is 12.6 Å². The van der Waals surface area contributed by atoms with Gasteiger partial charge in [-0.25, -0.2) is 0 Å². The summed E-state index contributed by atoms with van der Waals surface area (Å²) in [7, 11) is 1.79. The predicted molar refractivity (Wildman–Crippen MR) is 81.1 cm³/mol. The molecule has 2 aliphatic carbocycles. The summed E-state index contributed by atoms with van der Waals surface area (Å²) in [6.07, 6.45) is 8.25. The maximum Gasteiger partial charge on any atom is 0.119 e. The highest BCUT2D eigenvalue weighted by Gasteiger charge is 2.63. The van der Waals surface area contributed by atoms with Crippen molar-refractivity contribution in [3.05, 3.63) is 29.3 Å². The van der Waals surface area contributed by atoms with Crippen LogP contribution < -0.4 is 4.74 Å². The molecule has 0 N–H and O–H groups in total. The zero-order valence-corrected chi connectivity index (χ0v) is 12.7. The molecule has 1 aromatic carbocycles. The Morgan fingerprint density at radius 2 is 2.05 bits per heavy atom. The van der Waals surface area contributed by atoms with E-state index in [0.29, 0.717) is 11.0 Å². The van der Waals surface area contributed by atoms with Crippen LogP contribution in [-0.4, -0.2) is 25.1 Å². The Balaban J connectivity index is 1.92. The third kappa shape index (κ3) is 1.34. The minimum absolute atomic E-state index is 0.323. The summed E-state index contributed by atoms with van der Waals surface area (Å²) in [5, 5.41) is 0. The van der Waals surface area contributed by atoms with E-state index in [1.165, 1.54) is 51.6 Å². The zero-order chi connectivity index (χ0) is 13.8. The molecular formula is C18H25NO. The number of benzene rings is 1. The lowest BCUT2D eigenvalue weighted by Crippen LogP contribution is -2.50. The topological polar surface area (TPSA) is 12.5 Å². The monoisotopic (exact) mass is 271 g/mol. The van der Waals surface area contributed by atoms with Crippen molar-refractivity contribution in [2.24, 2.45) is 5.41 Å². The van der Waals surface area contributed by atoms with Gasteiger partial charge in [-0.15, -0.1) is 0 Å². The van der Waals surface area contributed by atoms with Gasteiger partial charge in [0.2, 0.25) is 0 Å². The summed E-state index contributed by atoms with van der Waals surface area (Å²) in [6, 6.07) is 6.82. The summed E-state index contributed by atoms with van der Waals surface area (Å²) < 4.78 is 5.51. The molecule has 1 saturated carbocycles. The molecule has 3 aliphatic rings. The first-order valence-electron chi connectivity index (χ1n) is 8.18. The molecule has 1 aliphatic heterocycles. The van der Waals surface area contributed by atoms with Crippen LogP contribution >= 0.6 is 0 Å². The van der Waals surface area contributed by atoms with E-state index in [1.807, 2.05) is 0 Å². The minimum atomic E-state index is 0.323. The number of ether oxygens (including phenoxy) is 1. The lowest BCUT2D eigenvalue weighted by molar-refractivity contribution is 0.00738. The van der Waals surface area contributed by atoms with E-state index in [1.54, 1.807) is 18.2 Å². The number of likely N-dealkylation sites (tertiary alicyclic amines) is 1. The van der Waals surface area contributed by atoms with Gasteiger partial charge in [-0.1, -0.05) is 25.8 Å². The summed E-state index contributed by atoms with van der Waals surface area (Å²) in [4.78, 5) is 2.78. The van der Waals surface area contributed by atoms with Gasteiger partial charge in [0.15, 0.2) is 0 Å². The first-order chi connectivity index (χ1) is 9.76. The van der Waals surface area contributed by atoms with Crippen LogP contribution in [0.15, 0.2) is 18.2 Å². The number of rotatable bonds is 2. The fourth-order valence-corrected chi connectivity index (χ4v) is 5.61. The summed E-state index contributed by atoms with van der Waals surface area (Å²) in [6.45, 7) is 4.79. The molecule has 0 bridgehead atoms. The largest absolute Gasteiger partial charge is 0.497 e. The molecule has 1 aromatic rings. The SMILES string of the molecule is CCN1CCC23CCCCC12c1cc(OC)ccc1C3. The van der Waals surface area contributed by atoms with Crippen molar-refractivity contribution in [1.29, 1.82) is 0 Å². The van der Waals surface area contributed by atoms with E-state index in [-0.39, 0.29) is 0 Å². The number of hydrogen-bond donors (Lipinski definition) is 0. The molecule has 4 rings (SSSR count). The molecule has 2 heteroatoms. The van der Waals surface area contributed by atoms with Crippen LogP contribution in [0.2, 0.25) is 0 Å². The van der Waals surface area contributed by atoms with Crippen LogP contribution in [0.4, 0.5) is 0 Å². The van der Waals surface area contributed by atoms with Crippen LogP contribution in [-0.2, 0) is 12.0 Å². The first-order valence-corrected chi connectivity index (χ1v) is 8.18. The standard InChI is InChI=1S/C18H25NO/c1-3-19-11-10-17-8-4-5-9-18(17,19)16-12-15(20-2)7-6-14(16)13-17/h6-7,12H,3-5,8-11,13H2,1-2H3. The van der Waals surface area contributed by atoms with Gasteiger partial charge in [0, 0.05) is 0 Å². The fourth-order valence-electron chi connectivity index (χ4n) is 5.61. The van der Waals surface area contributed by atoms with E-state index in [2.05, 4.69) is 30.0 Å². The van der Waals surface area contributed by atoms with Crippen LogP contribution in [0.25, 0.3) is 0 Å². The zero-order valence-electron chi connectivity index (χ0n) is 12.7. The van der Waals surface area contributed by atoms with E-state index in [4.69, 9.17) is 4.74 Å². The molecule has 2 fully saturated rings. The fraction of sp³-hybridized carbons (Fsp3) is 0.667. The lowest BCUT2D eigenvalue weighted by Gasteiger charge is -2.49. The highest BCUT2D eigenvalue weighted by molar-refractivity contribution is 5.48. The van der Waals surface area contributed by atoms with Crippen LogP contribution in [0.5, 0.6) is 5.75 Å². The number of nitrogens with zero attached hydrogens (tertiary/aromatic N) is 1. The molecule has 0 aromatic heterocycles. The van der Waals surface area contributed by atoms with E-state index in [0.717, 1.165) is 5.75 Å². The molecule has 1 heterocycles. The Hall–Kier alpha value is -1.02. The molecule has 2 nitrogen and oxygen atoms in total.